The van der Waals surface area contributed by atoms with Crippen LogP contribution in [0.2, 0.25) is 0 Å². The zero-order valence-electron chi connectivity index (χ0n) is 9.90. The number of hydrogen-bond acceptors (Lipinski definition) is 2. The van der Waals surface area contributed by atoms with E-state index in [2.05, 4.69) is 54.3 Å². The van der Waals surface area contributed by atoms with Crippen molar-refractivity contribution in [1.29, 1.82) is 0 Å². The van der Waals surface area contributed by atoms with Crippen molar-refractivity contribution in [2.45, 2.75) is 13.0 Å². The summed E-state index contributed by atoms with van der Waals surface area (Å²) in [6, 6.07) is 8.44. The maximum Gasteiger partial charge on any atom is 0.0481 e. The van der Waals surface area contributed by atoms with E-state index in [9.17, 15) is 0 Å². The Kier molecular flexibility index (Phi) is 3.27. The molecule has 2 rings (SSSR count). The molecule has 0 aliphatic rings. The molecule has 0 radical (unpaired) electrons. The van der Waals surface area contributed by atoms with Gasteiger partial charge in [0.05, 0.1) is 0 Å². The summed E-state index contributed by atoms with van der Waals surface area (Å²) in [4.78, 5) is 0. The van der Waals surface area contributed by atoms with E-state index in [1.54, 1.807) is 0 Å². The Labute approximate surface area is 96.2 Å². The minimum atomic E-state index is 0.0612. The van der Waals surface area contributed by atoms with E-state index in [4.69, 9.17) is 5.73 Å². The molecule has 0 amide bonds. The second-order valence-electron chi connectivity index (χ2n) is 4.13. The van der Waals surface area contributed by atoms with Gasteiger partial charge in [0.15, 0.2) is 0 Å². The number of aryl methyl sites for hydroxylation is 1. The number of nitrogens with one attached hydrogen (secondary N) is 1. The van der Waals surface area contributed by atoms with Crippen LogP contribution in [0.15, 0.2) is 30.5 Å². The van der Waals surface area contributed by atoms with E-state index in [0.29, 0.717) is 0 Å². The summed E-state index contributed by atoms with van der Waals surface area (Å²) in [5.74, 6) is 0. The highest BCUT2D eigenvalue weighted by Gasteiger charge is 2.12. The van der Waals surface area contributed by atoms with Crippen molar-refractivity contribution < 1.29 is 0 Å². The fourth-order valence-corrected chi connectivity index (χ4v) is 2.08. The monoisotopic (exact) mass is 217 g/mol. The fourth-order valence-electron chi connectivity index (χ4n) is 2.08. The lowest BCUT2D eigenvalue weighted by Gasteiger charge is -2.10. The molecule has 1 aromatic carbocycles. The third kappa shape index (κ3) is 1.96. The summed E-state index contributed by atoms with van der Waals surface area (Å²) in [5.41, 5.74) is 8.65. The van der Waals surface area contributed by atoms with Gasteiger partial charge in [0.1, 0.15) is 0 Å². The molecule has 0 spiro atoms. The first-order valence-corrected chi connectivity index (χ1v) is 5.74. The van der Waals surface area contributed by atoms with E-state index in [0.717, 1.165) is 13.1 Å². The summed E-state index contributed by atoms with van der Waals surface area (Å²) in [5, 5.41) is 4.55. The van der Waals surface area contributed by atoms with Gasteiger partial charge in [0.25, 0.3) is 0 Å². The van der Waals surface area contributed by atoms with Crippen LogP contribution >= 0.6 is 0 Å². The van der Waals surface area contributed by atoms with Gasteiger partial charge in [-0.2, -0.15) is 0 Å². The lowest BCUT2D eigenvalue weighted by atomic mass is 10.1. The topological polar surface area (TPSA) is 43.0 Å². The molecule has 1 atom stereocenters. The van der Waals surface area contributed by atoms with Gasteiger partial charge in [-0.15, -0.1) is 0 Å². The molecule has 3 N–H and O–H groups in total. The average Bonchev–Trinajstić information content (AvgIpc) is 2.65. The predicted octanol–water partition coefficient (Wildman–Crippen LogP) is 1.79. The van der Waals surface area contributed by atoms with Crippen LogP contribution in [0.25, 0.3) is 10.9 Å². The Morgan fingerprint density at radius 2 is 2.12 bits per heavy atom. The SMILES string of the molecule is CCNCC(N)c1cn(C)c2ccccc12. The molecule has 0 bridgehead atoms. The van der Waals surface area contributed by atoms with Crippen LogP contribution in [-0.4, -0.2) is 17.7 Å². The highest BCUT2D eigenvalue weighted by Crippen LogP contribution is 2.24. The van der Waals surface area contributed by atoms with Crippen LogP contribution in [0.5, 0.6) is 0 Å². The molecule has 2 aromatic rings. The molecule has 16 heavy (non-hydrogen) atoms. The Balaban J connectivity index is 2.37. The molecular formula is C13H19N3. The quantitative estimate of drug-likeness (QED) is 0.820. The second kappa shape index (κ2) is 4.68. The van der Waals surface area contributed by atoms with E-state index in [1.807, 2.05) is 0 Å². The number of likely N-dealkylation sites (N-methyl/N-ethyl adjacent to an activating group) is 1. The van der Waals surface area contributed by atoms with Crippen molar-refractivity contribution in [3.8, 4) is 0 Å². The first kappa shape index (κ1) is 11.2. The minimum Gasteiger partial charge on any atom is -0.350 e. The van der Waals surface area contributed by atoms with Crippen LogP contribution in [-0.2, 0) is 7.05 Å². The number of fused-ring (bicyclic) bond motifs is 1. The number of para-hydroxylation sites is 1. The minimum absolute atomic E-state index is 0.0612. The average molecular weight is 217 g/mol. The van der Waals surface area contributed by atoms with Crippen molar-refractivity contribution in [1.82, 2.24) is 9.88 Å². The Morgan fingerprint density at radius 3 is 2.88 bits per heavy atom. The molecule has 3 nitrogen and oxygen atoms in total. The zero-order valence-corrected chi connectivity index (χ0v) is 9.90. The number of benzene rings is 1. The van der Waals surface area contributed by atoms with Crippen LogP contribution < -0.4 is 11.1 Å². The highest BCUT2D eigenvalue weighted by molar-refractivity contribution is 5.84. The van der Waals surface area contributed by atoms with Gasteiger partial charge in [-0.05, 0) is 18.2 Å². The molecule has 0 aliphatic carbocycles. The van der Waals surface area contributed by atoms with Crippen LogP contribution in [0.3, 0.4) is 0 Å². The Hall–Kier alpha value is -1.32. The largest absolute Gasteiger partial charge is 0.350 e. The number of hydrogen-bond donors (Lipinski definition) is 2. The van der Waals surface area contributed by atoms with Crippen LogP contribution in [0.1, 0.15) is 18.5 Å². The Bertz CT molecular complexity index is 473. The van der Waals surface area contributed by atoms with Crippen LogP contribution in [0, 0.1) is 0 Å². The van der Waals surface area contributed by atoms with E-state index in [-0.39, 0.29) is 6.04 Å². The van der Waals surface area contributed by atoms with Crippen LogP contribution in [0.4, 0.5) is 0 Å². The van der Waals surface area contributed by atoms with E-state index < -0.39 is 0 Å². The van der Waals surface area contributed by atoms with Gasteiger partial charge < -0.3 is 15.6 Å². The van der Waals surface area contributed by atoms with Gasteiger partial charge >= 0.3 is 0 Å². The number of aromatic nitrogens is 1. The molecule has 0 aliphatic heterocycles. The first-order valence-electron chi connectivity index (χ1n) is 5.74. The summed E-state index contributed by atoms with van der Waals surface area (Å²) in [7, 11) is 2.06. The molecule has 0 saturated heterocycles. The van der Waals surface area contributed by atoms with Gasteiger partial charge in [-0.3, -0.25) is 0 Å². The molecule has 0 fully saturated rings. The number of nitrogens with zero attached hydrogens (tertiary/aromatic N) is 1. The summed E-state index contributed by atoms with van der Waals surface area (Å²) < 4.78 is 2.14. The maximum absolute atomic E-state index is 6.18. The van der Waals surface area contributed by atoms with Crippen molar-refractivity contribution in [3.63, 3.8) is 0 Å². The summed E-state index contributed by atoms with van der Waals surface area (Å²) in [6.45, 7) is 3.87. The van der Waals surface area contributed by atoms with Crippen molar-refractivity contribution in [2.75, 3.05) is 13.1 Å². The molecule has 3 heteroatoms. The maximum atomic E-state index is 6.18. The van der Waals surface area contributed by atoms with Gasteiger partial charge in [-0.25, -0.2) is 0 Å². The fraction of sp³-hybridized carbons (Fsp3) is 0.385. The Morgan fingerprint density at radius 1 is 1.38 bits per heavy atom. The second-order valence-corrected chi connectivity index (χ2v) is 4.13. The molecule has 86 valence electrons. The lowest BCUT2D eigenvalue weighted by Crippen LogP contribution is -2.26. The lowest BCUT2D eigenvalue weighted by molar-refractivity contribution is 0.617. The molecular weight excluding hydrogens is 198 g/mol. The molecule has 0 saturated carbocycles. The van der Waals surface area contributed by atoms with Gasteiger partial charge in [0.2, 0.25) is 0 Å². The normalized spacial score (nSPS) is 13.2. The third-order valence-electron chi connectivity index (χ3n) is 2.94. The smallest absolute Gasteiger partial charge is 0.0481 e. The van der Waals surface area contributed by atoms with Crippen molar-refractivity contribution >= 4 is 10.9 Å². The molecule has 1 aromatic heterocycles. The molecule has 1 unspecified atom stereocenters. The zero-order chi connectivity index (χ0) is 11.5. The summed E-state index contributed by atoms with van der Waals surface area (Å²) in [6.07, 6.45) is 2.13. The third-order valence-corrected chi connectivity index (χ3v) is 2.94. The van der Waals surface area contributed by atoms with E-state index >= 15 is 0 Å². The summed E-state index contributed by atoms with van der Waals surface area (Å²) >= 11 is 0. The van der Waals surface area contributed by atoms with Gasteiger partial charge in [0, 0.05) is 36.7 Å². The highest BCUT2D eigenvalue weighted by atomic mass is 14.9. The predicted molar refractivity (Wildman–Crippen MR) is 68.4 cm³/mol. The standard InChI is InChI=1S/C13H19N3/c1-3-15-8-12(14)11-9-16(2)13-7-5-4-6-10(11)13/h4-7,9,12,15H,3,8,14H2,1-2H3. The van der Waals surface area contributed by atoms with Crippen molar-refractivity contribution in [2.24, 2.45) is 12.8 Å². The first-order chi connectivity index (χ1) is 7.74. The molecule has 1 heterocycles. The van der Waals surface area contributed by atoms with Crippen molar-refractivity contribution in [3.05, 3.63) is 36.0 Å². The number of nitrogens with two attached hydrogens (primary N) is 1. The number of rotatable bonds is 4. The van der Waals surface area contributed by atoms with E-state index in [1.165, 1.54) is 16.5 Å². The van der Waals surface area contributed by atoms with Gasteiger partial charge in [-0.1, -0.05) is 25.1 Å².